The number of rotatable bonds is 4. The quantitative estimate of drug-likeness (QED) is 0.492. The van der Waals surface area contributed by atoms with Gasteiger partial charge in [-0.2, -0.15) is 0 Å². The van der Waals surface area contributed by atoms with E-state index in [-0.39, 0.29) is 11.9 Å². The van der Waals surface area contributed by atoms with Gasteiger partial charge in [0.1, 0.15) is 0 Å². The predicted octanol–water partition coefficient (Wildman–Crippen LogP) is 2.27. The molecule has 22 heavy (non-hydrogen) atoms. The van der Waals surface area contributed by atoms with E-state index in [1.807, 2.05) is 7.05 Å². The smallest absolute Gasteiger partial charge is 0.310 e. The van der Waals surface area contributed by atoms with Gasteiger partial charge in [-0.1, -0.05) is 26.7 Å². The lowest BCUT2D eigenvalue weighted by Gasteiger charge is -2.30. The first-order valence-corrected chi connectivity index (χ1v) is 8.58. The summed E-state index contributed by atoms with van der Waals surface area (Å²) in [7, 11) is 3.29. The molecule has 126 valence electrons. The third-order valence-corrected chi connectivity index (χ3v) is 5.66. The Balaban J connectivity index is 1.94. The van der Waals surface area contributed by atoms with E-state index < -0.39 is 0 Å². The highest BCUT2D eigenvalue weighted by Crippen LogP contribution is 2.40. The van der Waals surface area contributed by atoms with Crippen LogP contribution in [0.25, 0.3) is 0 Å². The number of esters is 1. The van der Waals surface area contributed by atoms with Gasteiger partial charge in [0.2, 0.25) is 0 Å². The Labute approximate surface area is 134 Å². The average Bonchev–Trinajstić information content (AvgIpc) is 3.15. The van der Waals surface area contributed by atoms with Crippen molar-refractivity contribution in [3.63, 3.8) is 0 Å². The second-order valence-electron chi connectivity index (χ2n) is 6.97. The molecule has 1 aliphatic carbocycles. The minimum Gasteiger partial charge on any atom is -0.469 e. The lowest BCUT2D eigenvalue weighted by atomic mass is 9.83. The van der Waals surface area contributed by atoms with Crippen molar-refractivity contribution in [1.82, 2.24) is 10.2 Å². The molecule has 2 fully saturated rings. The molecule has 0 amide bonds. The number of carbonyl (C=O) groups excluding carboxylic acids is 1. The molecular formula is C17H31N3O2. The van der Waals surface area contributed by atoms with Gasteiger partial charge in [-0.25, -0.2) is 0 Å². The van der Waals surface area contributed by atoms with Crippen molar-refractivity contribution in [1.29, 1.82) is 0 Å². The van der Waals surface area contributed by atoms with E-state index in [4.69, 9.17) is 4.74 Å². The SMILES string of the molecule is CCC1(CNC(=NC)N2CC(C)C(C(=O)OC)C2)CCCC1. The first kappa shape index (κ1) is 17.1. The van der Waals surface area contributed by atoms with Crippen LogP contribution in [0.1, 0.15) is 46.0 Å². The molecule has 2 rings (SSSR count). The molecule has 5 heteroatoms. The van der Waals surface area contributed by atoms with Gasteiger partial charge in [-0.15, -0.1) is 0 Å². The van der Waals surface area contributed by atoms with Gasteiger partial charge in [-0.05, 0) is 30.6 Å². The van der Waals surface area contributed by atoms with E-state index in [1.165, 1.54) is 39.2 Å². The molecule has 5 nitrogen and oxygen atoms in total. The van der Waals surface area contributed by atoms with Crippen molar-refractivity contribution in [2.45, 2.75) is 46.0 Å². The molecule has 1 saturated carbocycles. The summed E-state index contributed by atoms with van der Waals surface area (Å²) >= 11 is 0. The fourth-order valence-electron chi connectivity index (χ4n) is 3.98. The number of nitrogens with one attached hydrogen (secondary N) is 1. The number of methoxy groups -OCH3 is 1. The lowest BCUT2D eigenvalue weighted by molar-refractivity contribution is -0.145. The van der Waals surface area contributed by atoms with Crippen molar-refractivity contribution in [2.24, 2.45) is 22.2 Å². The van der Waals surface area contributed by atoms with E-state index in [9.17, 15) is 4.79 Å². The summed E-state index contributed by atoms with van der Waals surface area (Å²) in [6.07, 6.45) is 6.54. The second-order valence-corrected chi connectivity index (χ2v) is 6.97. The fraction of sp³-hybridized carbons (Fsp3) is 0.882. The third kappa shape index (κ3) is 3.55. The summed E-state index contributed by atoms with van der Waals surface area (Å²) in [4.78, 5) is 18.5. The number of nitrogens with zero attached hydrogens (tertiary/aromatic N) is 2. The Hall–Kier alpha value is -1.26. The molecule has 0 radical (unpaired) electrons. The van der Waals surface area contributed by atoms with Gasteiger partial charge in [0, 0.05) is 26.7 Å². The van der Waals surface area contributed by atoms with E-state index in [1.54, 1.807) is 0 Å². The van der Waals surface area contributed by atoms with Crippen molar-refractivity contribution >= 4 is 11.9 Å². The first-order chi connectivity index (χ1) is 10.5. The van der Waals surface area contributed by atoms with Gasteiger partial charge in [0.25, 0.3) is 0 Å². The number of hydrogen-bond acceptors (Lipinski definition) is 3. The van der Waals surface area contributed by atoms with Gasteiger partial charge in [0.05, 0.1) is 13.0 Å². The molecular weight excluding hydrogens is 278 g/mol. The Morgan fingerprint density at radius 2 is 2.05 bits per heavy atom. The topological polar surface area (TPSA) is 53.9 Å². The fourth-order valence-corrected chi connectivity index (χ4v) is 3.98. The normalized spacial score (nSPS) is 28.0. The minimum atomic E-state index is -0.105. The minimum absolute atomic E-state index is 0.0461. The number of carbonyl (C=O) groups is 1. The van der Waals surface area contributed by atoms with Crippen molar-refractivity contribution in [3.05, 3.63) is 0 Å². The highest BCUT2D eigenvalue weighted by molar-refractivity contribution is 5.82. The predicted molar refractivity (Wildman–Crippen MR) is 88.8 cm³/mol. The molecule has 1 heterocycles. The molecule has 1 aliphatic heterocycles. The summed E-state index contributed by atoms with van der Waals surface area (Å²) in [5.74, 6) is 1.08. The van der Waals surface area contributed by atoms with Gasteiger partial charge in [0.15, 0.2) is 5.96 Å². The molecule has 0 bridgehead atoms. The number of likely N-dealkylation sites (tertiary alicyclic amines) is 1. The van der Waals surface area contributed by atoms with Crippen molar-refractivity contribution in [3.8, 4) is 0 Å². The van der Waals surface area contributed by atoms with Crippen LogP contribution in [0, 0.1) is 17.3 Å². The van der Waals surface area contributed by atoms with Crippen LogP contribution in [0.5, 0.6) is 0 Å². The zero-order chi connectivity index (χ0) is 16.2. The number of hydrogen-bond donors (Lipinski definition) is 1. The zero-order valence-electron chi connectivity index (χ0n) is 14.5. The van der Waals surface area contributed by atoms with Crippen LogP contribution in [0.2, 0.25) is 0 Å². The monoisotopic (exact) mass is 309 g/mol. The summed E-state index contributed by atoms with van der Waals surface area (Å²) in [5.41, 5.74) is 0.434. The van der Waals surface area contributed by atoms with Gasteiger partial charge < -0.3 is 15.0 Å². The van der Waals surface area contributed by atoms with Crippen LogP contribution in [-0.2, 0) is 9.53 Å². The second kappa shape index (κ2) is 7.34. The standard InChI is InChI=1S/C17H31N3O2/c1-5-17(8-6-7-9-17)12-19-16(18-3)20-10-13(2)14(11-20)15(21)22-4/h13-14H,5-12H2,1-4H3,(H,18,19). The summed E-state index contributed by atoms with van der Waals surface area (Å²) in [6.45, 7) is 6.95. The molecule has 0 aromatic heterocycles. The van der Waals surface area contributed by atoms with Crippen molar-refractivity contribution < 1.29 is 9.53 Å². The summed E-state index contributed by atoms with van der Waals surface area (Å²) < 4.78 is 4.92. The van der Waals surface area contributed by atoms with Crippen LogP contribution in [0.15, 0.2) is 4.99 Å². The number of guanidine groups is 1. The zero-order valence-corrected chi connectivity index (χ0v) is 14.5. The Bertz CT molecular complexity index is 416. The molecule has 1 saturated heterocycles. The van der Waals surface area contributed by atoms with Crippen LogP contribution >= 0.6 is 0 Å². The molecule has 0 aromatic carbocycles. The lowest BCUT2D eigenvalue weighted by Crippen LogP contribution is -2.44. The molecule has 0 aromatic rings. The summed E-state index contributed by atoms with van der Waals surface area (Å²) in [5, 5.41) is 3.57. The Kier molecular flexibility index (Phi) is 5.70. The molecule has 0 spiro atoms. The van der Waals surface area contributed by atoms with E-state index in [0.717, 1.165) is 19.0 Å². The van der Waals surface area contributed by atoms with E-state index in [0.29, 0.717) is 17.9 Å². The average molecular weight is 309 g/mol. The molecule has 2 aliphatic rings. The molecule has 2 unspecified atom stereocenters. The van der Waals surface area contributed by atoms with Gasteiger partial charge in [-0.3, -0.25) is 9.79 Å². The third-order valence-electron chi connectivity index (χ3n) is 5.66. The summed E-state index contributed by atoms with van der Waals surface area (Å²) in [6, 6.07) is 0. The highest BCUT2D eigenvalue weighted by Gasteiger charge is 2.38. The van der Waals surface area contributed by atoms with Crippen LogP contribution in [0.4, 0.5) is 0 Å². The first-order valence-electron chi connectivity index (χ1n) is 8.58. The number of ether oxygens (including phenoxy) is 1. The van der Waals surface area contributed by atoms with Crippen molar-refractivity contribution in [2.75, 3.05) is 33.8 Å². The highest BCUT2D eigenvalue weighted by atomic mass is 16.5. The Morgan fingerprint density at radius 1 is 1.36 bits per heavy atom. The maximum atomic E-state index is 11.8. The van der Waals surface area contributed by atoms with Gasteiger partial charge >= 0.3 is 5.97 Å². The van der Waals surface area contributed by atoms with E-state index in [2.05, 4.69) is 29.1 Å². The molecule has 1 N–H and O–H groups in total. The van der Waals surface area contributed by atoms with Crippen LogP contribution in [-0.4, -0.2) is 50.6 Å². The van der Waals surface area contributed by atoms with Crippen LogP contribution < -0.4 is 5.32 Å². The number of aliphatic imine (C=N–C) groups is 1. The Morgan fingerprint density at radius 3 is 2.59 bits per heavy atom. The maximum absolute atomic E-state index is 11.8. The molecule has 2 atom stereocenters. The largest absolute Gasteiger partial charge is 0.469 e. The van der Waals surface area contributed by atoms with Crippen LogP contribution in [0.3, 0.4) is 0 Å². The van der Waals surface area contributed by atoms with E-state index >= 15 is 0 Å². The maximum Gasteiger partial charge on any atom is 0.310 e.